The molecule has 12 heavy (non-hydrogen) atoms. The molecule has 2 N–H and O–H groups in total. The molecule has 0 spiro atoms. The van der Waals surface area contributed by atoms with Gasteiger partial charge in [-0.25, -0.2) is 0 Å². The second-order valence-corrected chi connectivity index (χ2v) is 2.34. The fourth-order valence-corrected chi connectivity index (χ4v) is 0.786. The molecular weight excluding hydrogens is 156 g/mol. The first-order chi connectivity index (χ1) is 5.49. The minimum absolute atomic E-state index is 1.08. The van der Waals surface area contributed by atoms with Crippen LogP contribution in [0.1, 0.15) is 0 Å². The summed E-state index contributed by atoms with van der Waals surface area (Å²) in [5.41, 5.74) is -1.72. The monoisotopic (exact) mass is 170 g/mol. The third kappa shape index (κ3) is 1.48. The predicted molar refractivity (Wildman–Crippen MR) is 47.5 cm³/mol. The average molecular weight is 170 g/mol. The van der Waals surface area contributed by atoms with Gasteiger partial charge in [0, 0.05) is 7.11 Å². The summed E-state index contributed by atoms with van der Waals surface area (Å²) in [5.74, 6) is -1.88. The molecule has 68 valence electrons. The van der Waals surface area contributed by atoms with Gasteiger partial charge in [-0.15, -0.1) is 0 Å². The molecular formula is C9H14O3. The van der Waals surface area contributed by atoms with Crippen LogP contribution in [-0.2, 0) is 4.74 Å². The summed E-state index contributed by atoms with van der Waals surface area (Å²) in [6.07, 6.45) is 3.34. The number of hydrogen-bond acceptors (Lipinski definition) is 3. The molecule has 3 nitrogen and oxygen atoms in total. The molecule has 1 atom stereocenters. The fourth-order valence-electron chi connectivity index (χ4n) is 0.786. The molecule has 0 aliphatic rings. The zero-order chi connectivity index (χ0) is 9.83. The highest BCUT2D eigenvalue weighted by Gasteiger charge is 2.43. The molecule has 3 heteroatoms. The first-order valence-corrected chi connectivity index (χ1v) is 3.40. The van der Waals surface area contributed by atoms with Gasteiger partial charge in [0.1, 0.15) is 0 Å². The quantitative estimate of drug-likeness (QED) is 0.469. The van der Waals surface area contributed by atoms with Crippen LogP contribution < -0.4 is 0 Å². The summed E-state index contributed by atoms with van der Waals surface area (Å²) in [6.45, 7) is 10.0. The average Bonchev–Trinajstić information content (AvgIpc) is 2.15. The first-order valence-electron chi connectivity index (χ1n) is 3.40. The highest BCUT2D eigenvalue weighted by Crippen LogP contribution is 2.26. The molecule has 0 rings (SSSR count). The molecule has 0 fully saturated rings. The van der Waals surface area contributed by atoms with Crippen molar-refractivity contribution in [1.82, 2.24) is 0 Å². The zero-order valence-corrected chi connectivity index (χ0v) is 7.16. The van der Waals surface area contributed by atoms with Gasteiger partial charge in [0.05, 0.1) is 0 Å². The molecule has 0 aliphatic heterocycles. The maximum absolute atomic E-state index is 9.67. The largest absolute Gasteiger partial charge is 0.376 e. The number of methoxy groups -OCH3 is 1. The van der Waals surface area contributed by atoms with E-state index in [4.69, 9.17) is 0 Å². The van der Waals surface area contributed by atoms with Crippen LogP contribution in [-0.4, -0.2) is 28.7 Å². The van der Waals surface area contributed by atoms with Gasteiger partial charge >= 0.3 is 0 Å². The van der Waals surface area contributed by atoms with Gasteiger partial charge < -0.3 is 14.9 Å². The maximum atomic E-state index is 9.67. The van der Waals surface area contributed by atoms with Crippen molar-refractivity contribution in [3.63, 3.8) is 0 Å². The van der Waals surface area contributed by atoms with Crippen molar-refractivity contribution in [2.24, 2.45) is 0 Å². The Morgan fingerprint density at radius 3 is 1.58 bits per heavy atom. The van der Waals surface area contributed by atoms with Gasteiger partial charge in [-0.05, 0) is 6.08 Å². The molecule has 0 heterocycles. The normalized spacial score (nSPS) is 16.2. The lowest BCUT2D eigenvalue weighted by atomic mass is 9.93. The summed E-state index contributed by atoms with van der Waals surface area (Å²) < 4.78 is 4.68. The zero-order valence-electron chi connectivity index (χ0n) is 7.16. The summed E-state index contributed by atoms with van der Waals surface area (Å²) >= 11 is 0. The van der Waals surface area contributed by atoms with E-state index in [1.54, 1.807) is 0 Å². The summed E-state index contributed by atoms with van der Waals surface area (Å²) in [5, 5.41) is 19.3. The van der Waals surface area contributed by atoms with Crippen LogP contribution in [0.4, 0.5) is 0 Å². The van der Waals surface area contributed by atoms with Gasteiger partial charge in [-0.3, -0.25) is 0 Å². The van der Waals surface area contributed by atoms with Crippen LogP contribution in [0.5, 0.6) is 0 Å². The van der Waals surface area contributed by atoms with Gasteiger partial charge in [-0.2, -0.15) is 0 Å². The van der Waals surface area contributed by atoms with Crippen LogP contribution in [0, 0.1) is 0 Å². The second kappa shape index (κ2) is 3.67. The smallest absolute Gasteiger partial charge is 0.222 e. The van der Waals surface area contributed by atoms with E-state index < -0.39 is 11.4 Å². The number of aliphatic hydroxyl groups is 2. The third-order valence-electron chi connectivity index (χ3n) is 1.78. The van der Waals surface area contributed by atoms with Gasteiger partial charge in [0.2, 0.25) is 5.79 Å². The standard InChI is InChI=1S/C9H14O3/c1-5-8(10,6-2)9(11,7-3)12-4/h5-7,10-11H,1-3H2,4H3. The molecule has 0 aromatic heterocycles. The van der Waals surface area contributed by atoms with E-state index >= 15 is 0 Å². The second-order valence-electron chi connectivity index (χ2n) is 2.34. The van der Waals surface area contributed by atoms with Crippen LogP contribution in [0.25, 0.3) is 0 Å². The molecule has 0 saturated carbocycles. The summed E-state index contributed by atoms with van der Waals surface area (Å²) in [6, 6.07) is 0. The van der Waals surface area contributed by atoms with Crippen molar-refractivity contribution in [1.29, 1.82) is 0 Å². The van der Waals surface area contributed by atoms with E-state index in [0.29, 0.717) is 0 Å². The Bertz CT molecular complexity index is 190. The maximum Gasteiger partial charge on any atom is 0.222 e. The lowest BCUT2D eigenvalue weighted by molar-refractivity contribution is -0.222. The summed E-state index contributed by atoms with van der Waals surface area (Å²) in [4.78, 5) is 0. The third-order valence-corrected chi connectivity index (χ3v) is 1.78. The van der Waals surface area contributed by atoms with E-state index in [9.17, 15) is 10.2 Å². The van der Waals surface area contributed by atoms with Crippen molar-refractivity contribution < 1.29 is 14.9 Å². The van der Waals surface area contributed by atoms with Crippen molar-refractivity contribution in [3.05, 3.63) is 38.0 Å². The lowest BCUT2D eigenvalue weighted by Crippen LogP contribution is -2.51. The number of rotatable bonds is 5. The molecule has 1 unspecified atom stereocenters. The minimum Gasteiger partial charge on any atom is -0.376 e. The highest BCUT2D eigenvalue weighted by molar-refractivity contribution is 5.20. The van der Waals surface area contributed by atoms with Crippen molar-refractivity contribution in [2.45, 2.75) is 11.4 Å². The van der Waals surface area contributed by atoms with Crippen LogP contribution >= 0.6 is 0 Å². The van der Waals surface area contributed by atoms with Crippen LogP contribution in [0.15, 0.2) is 38.0 Å². The Kier molecular flexibility index (Phi) is 3.39. The first kappa shape index (κ1) is 11.1. The van der Waals surface area contributed by atoms with E-state index in [0.717, 1.165) is 18.2 Å². The predicted octanol–water partition coefficient (Wildman–Crippen LogP) is 0.610. The Labute approximate surface area is 72.3 Å². The van der Waals surface area contributed by atoms with Crippen molar-refractivity contribution in [3.8, 4) is 0 Å². The van der Waals surface area contributed by atoms with Gasteiger partial charge in [-0.1, -0.05) is 31.9 Å². The van der Waals surface area contributed by atoms with Crippen molar-refractivity contribution in [2.75, 3.05) is 7.11 Å². The van der Waals surface area contributed by atoms with Crippen molar-refractivity contribution >= 4 is 0 Å². The number of ether oxygens (including phenoxy) is 1. The van der Waals surface area contributed by atoms with E-state index in [1.165, 1.54) is 7.11 Å². The van der Waals surface area contributed by atoms with Gasteiger partial charge in [0.15, 0.2) is 5.60 Å². The fraction of sp³-hybridized carbons (Fsp3) is 0.333. The Morgan fingerprint density at radius 2 is 1.50 bits per heavy atom. The molecule has 0 radical (unpaired) electrons. The molecule has 0 aromatic rings. The lowest BCUT2D eigenvalue weighted by Gasteiger charge is -2.35. The van der Waals surface area contributed by atoms with E-state index in [-0.39, 0.29) is 0 Å². The Hall–Kier alpha value is -0.900. The molecule has 0 saturated heterocycles. The molecule has 0 aliphatic carbocycles. The Balaban J connectivity index is 5.04. The van der Waals surface area contributed by atoms with Crippen LogP contribution in [0.3, 0.4) is 0 Å². The highest BCUT2D eigenvalue weighted by atomic mass is 16.6. The molecule has 0 amide bonds. The topological polar surface area (TPSA) is 49.7 Å². The van der Waals surface area contributed by atoms with E-state index in [1.807, 2.05) is 0 Å². The Morgan fingerprint density at radius 1 is 1.08 bits per heavy atom. The summed E-state index contributed by atoms with van der Waals surface area (Å²) in [7, 11) is 1.25. The number of hydrogen-bond donors (Lipinski definition) is 2. The molecule has 0 aromatic carbocycles. The SMILES string of the molecule is C=CC(O)(C=C)C(O)(C=C)OC. The van der Waals surface area contributed by atoms with Gasteiger partial charge in [0.25, 0.3) is 0 Å². The minimum atomic E-state index is -1.88. The van der Waals surface area contributed by atoms with E-state index in [2.05, 4.69) is 24.5 Å². The molecule has 0 bridgehead atoms. The van der Waals surface area contributed by atoms with Crippen LogP contribution in [0.2, 0.25) is 0 Å².